The minimum atomic E-state index is -0.580. The molecule has 0 bridgehead atoms. The van der Waals surface area contributed by atoms with Crippen molar-refractivity contribution in [3.8, 4) is 0 Å². The summed E-state index contributed by atoms with van der Waals surface area (Å²) in [7, 11) is 0. The van der Waals surface area contributed by atoms with Gasteiger partial charge in [0.05, 0.1) is 36.0 Å². The van der Waals surface area contributed by atoms with E-state index < -0.39 is 6.29 Å². The first-order chi connectivity index (χ1) is 21.5. The zero-order chi connectivity index (χ0) is 30.5. The Hall–Kier alpha value is -3.95. The minimum absolute atomic E-state index is 0.00391. The molecule has 1 saturated carbocycles. The summed E-state index contributed by atoms with van der Waals surface area (Å²) in [6, 6.07) is 23.6. The zero-order valence-electron chi connectivity index (χ0n) is 25.1. The number of rotatable bonds is 10. The molecule has 2 fully saturated rings. The lowest BCUT2D eigenvalue weighted by molar-refractivity contribution is -0.276. The number of para-hydroxylation sites is 2. The van der Waals surface area contributed by atoms with E-state index >= 15 is 0 Å². The van der Waals surface area contributed by atoms with Crippen LogP contribution in [0.2, 0.25) is 0 Å². The quantitative estimate of drug-likeness (QED) is 0.200. The highest BCUT2D eigenvalue weighted by atomic mass is 16.7. The molecular weight excluding hydrogens is 552 g/mol. The minimum Gasteiger partial charge on any atom is -0.392 e. The summed E-state index contributed by atoms with van der Waals surface area (Å²) < 4.78 is 13.3. The molecule has 6 rings (SSSR count). The molecule has 1 aliphatic heterocycles. The Morgan fingerprint density at radius 2 is 1.70 bits per heavy atom. The number of carbonyl (C=O) groups is 1. The summed E-state index contributed by atoms with van der Waals surface area (Å²) in [4.78, 5) is 24.3. The second-order valence-electron chi connectivity index (χ2n) is 11.8. The van der Waals surface area contributed by atoms with Crippen molar-refractivity contribution in [1.29, 1.82) is 0 Å². The van der Waals surface area contributed by atoms with Gasteiger partial charge in [-0.25, -0.2) is 4.98 Å². The highest BCUT2D eigenvalue weighted by molar-refractivity contribution is 6.03. The highest BCUT2D eigenvalue weighted by Gasteiger charge is 2.40. The molecule has 4 atom stereocenters. The second kappa shape index (κ2) is 13.8. The normalized spacial score (nSPS) is 22.3. The Kier molecular flexibility index (Phi) is 9.43. The lowest BCUT2D eigenvalue weighted by atomic mass is 9.89. The van der Waals surface area contributed by atoms with Crippen LogP contribution in [0.25, 0.3) is 11.0 Å². The van der Waals surface area contributed by atoms with Gasteiger partial charge in [-0.15, -0.1) is 6.58 Å². The van der Waals surface area contributed by atoms with Gasteiger partial charge in [-0.05, 0) is 48.2 Å². The van der Waals surface area contributed by atoms with Crippen LogP contribution in [0.3, 0.4) is 0 Å². The Morgan fingerprint density at radius 1 is 1.00 bits per heavy atom. The van der Waals surface area contributed by atoms with Crippen molar-refractivity contribution >= 4 is 22.6 Å². The fourth-order valence-electron chi connectivity index (χ4n) is 6.35. The van der Waals surface area contributed by atoms with E-state index in [2.05, 4.69) is 33.7 Å². The molecule has 4 aromatic rings. The molecule has 2 heterocycles. The van der Waals surface area contributed by atoms with Crippen LogP contribution in [-0.4, -0.2) is 51.1 Å². The molecule has 4 unspecified atom stereocenters. The number of fused-ring (bicyclic) bond motifs is 1. The summed E-state index contributed by atoms with van der Waals surface area (Å²) in [5.74, 6) is -0.225. The van der Waals surface area contributed by atoms with Crippen LogP contribution in [0, 0.1) is 5.92 Å². The first kappa shape index (κ1) is 30.1. The first-order valence-electron chi connectivity index (χ1n) is 15.5. The fraction of sp³-hybridized carbons (Fsp3) is 0.361. The van der Waals surface area contributed by atoms with E-state index in [1.807, 2.05) is 78.9 Å². The average Bonchev–Trinajstić information content (AvgIpc) is 3.61. The van der Waals surface area contributed by atoms with Gasteiger partial charge in [0.25, 0.3) is 5.91 Å². The van der Waals surface area contributed by atoms with E-state index in [1.165, 1.54) is 31.9 Å². The number of aliphatic hydroxyl groups is 1. The summed E-state index contributed by atoms with van der Waals surface area (Å²) in [5, 5.41) is 12.5. The van der Waals surface area contributed by atoms with Crippen LogP contribution in [0.5, 0.6) is 0 Å². The Labute approximate surface area is 258 Å². The lowest BCUT2D eigenvalue weighted by Crippen LogP contribution is -2.47. The largest absolute Gasteiger partial charge is 0.392 e. The molecule has 2 N–H and O–H groups in total. The zero-order valence-corrected chi connectivity index (χ0v) is 25.1. The fourth-order valence-corrected chi connectivity index (χ4v) is 6.35. The number of anilines is 1. The van der Waals surface area contributed by atoms with E-state index in [4.69, 9.17) is 9.47 Å². The van der Waals surface area contributed by atoms with Gasteiger partial charge in [-0.1, -0.05) is 74.4 Å². The predicted molar refractivity (Wildman–Crippen MR) is 171 cm³/mol. The molecule has 44 heavy (non-hydrogen) atoms. The monoisotopic (exact) mass is 592 g/mol. The van der Waals surface area contributed by atoms with Crippen LogP contribution in [0.4, 0.5) is 5.69 Å². The Bertz CT molecular complexity index is 1570. The van der Waals surface area contributed by atoms with Gasteiger partial charge in [-0.2, -0.15) is 0 Å². The molecule has 0 spiro atoms. The van der Waals surface area contributed by atoms with E-state index in [0.29, 0.717) is 17.2 Å². The van der Waals surface area contributed by atoms with E-state index in [0.717, 1.165) is 35.3 Å². The van der Waals surface area contributed by atoms with E-state index in [-0.39, 0.29) is 36.3 Å². The Morgan fingerprint density at radius 3 is 2.41 bits per heavy atom. The molecule has 0 radical (unpaired) electrons. The van der Waals surface area contributed by atoms with Crippen molar-refractivity contribution in [2.24, 2.45) is 5.92 Å². The topological polar surface area (TPSA) is 96.8 Å². The van der Waals surface area contributed by atoms with Gasteiger partial charge in [-0.3, -0.25) is 14.7 Å². The number of ether oxygens (including phenoxy) is 2. The van der Waals surface area contributed by atoms with E-state index in [9.17, 15) is 9.90 Å². The van der Waals surface area contributed by atoms with Gasteiger partial charge >= 0.3 is 0 Å². The number of nitrogens with zero attached hydrogens (tertiary/aromatic N) is 3. The first-order valence-corrected chi connectivity index (χ1v) is 15.5. The summed E-state index contributed by atoms with van der Waals surface area (Å²) >= 11 is 0. The van der Waals surface area contributed by atoms with Gasteiger partial charge in [0.2, 0.25) is 0 Å². The van der Waals surface area contributed by atoms with Crippen LogP contribution in [-0.2, 0) is 16.1 Å². The second-order valence-corrected chi connectivity index (χ2v) is 11.8. The van der Waals surface area contributed by atoms with Crippen LogP contribution in [0.15, 0.2) is 91.6 Å². The molecule has 1 aliphatic carbocycles. The average molecular weight is 593 g/mol. The smallest absolute Gasteiger partial charge is 0.275 e. The number of benzene rings is 3. The van der Waals surface area contributed by atoms with Crippen LogP contribution >= 0.6 is 0 Å². The molecule has 3 aromatic carbocycles. The molecule has 8 nitrogen and oxygen atoms in total. The summed E-state index contributed by atoms with van der Waals surface area (Å²) in [6.07, 6.45) is 7.59. The van der Waals surface area contributed by atoms with Gasteiger partial charge in [0, 0.05) is 36.3 Å². The maximum absolute atomic E-state index is 12.9. The van der Waals surface area contributed by atoms with Crippen molar-refractivity contribution in [2.45, 2.75) is 63.8 Å². The summed E-state index contributed by atoms with van der Waals surface area (Å²) in [5.41, 5.74) is 5.11. The third-order valence-corrected chi connectivity index (χ3v) is 8.86. The maximum Gasteiger partial charge on any atom is 0.275 e. The van der Waals surface area contributed by atoms with Gasteiger partial charge in [0.15, 0.2) is 6.29 Å². The number of aromatic nitrogens is 2. The number of nitrogens with one attached hydrogen (secondary N) is 1. The number of amides is 1. The van der Waals surface area contributed by atoms with Crippen molar-refractivity contribution in [2.75, 3.05) is 18.4 Å². The SMILES string of the molecule is C=CCN(CC1OC(c2ccc(NC(=O)c3cnc4ccccc4n3)cc2)OC(c2ccc(CO)cc2)C1C)C1CCCC1. The van der Waals surface area contributed by atoms with E-state index in [1.54, 1.807) is 0 Å². The molecule has 1 aromatic heterocycles. The maximum atomic E-state index is 12.9. The lowest BCUT2D eigenvalue weighted by Gasteiger charge is -2.43. The van der Waals surface area contributed by atoms with Gasteiger partial charge in [0.1, 0.15) is 5.69 Å². The molecular formula is C36H40N4O4. The van der Waals surface area contributed by atoms with Crippen molar-refractivity contribution in [1.82, 2.24) is 14.9 Å². The number of carbonyl (C=O) groups excluding carboxylic acids is 1. The van der Waals surface area contributed by atoms with Crippen molar-refractivity contribution in [3.05, 3.63) is 114 Å². The van der Waals surface area contributed by atoms with Gasteiger partial charge < -0.3 is 19.9 Å². The van der Waals surface area contributed by atoms with Crippen molar-refractivity contribution < 1.29 is 19.4 Å². The standard InChI is InChI=1S/C36H40N4O4/c1-3-20-40(29-8-4-5-9-29)22-33-24(2)34(26-14-12-25(23-41)13-15-26)44-36(43-33)27-16-18-28(19-17-27)38-35(42)32-21-37-30-10-6-7-11-31(30)39-32/h3,6-7,10-19,21,24,29,33-34,36,41H,1,4-5,8-9,20,22-23H2,2H3,(H,38,42). The third kappa shape index (κ3) is 6.74. The summed E-state index contributed by atoms with van der Waals surface area (Å²) in [6.45, 7) is 7.84. The Balaban J connectivity index is 1.21. The molecule has 1 saturated heterocycles. The molecule has 8 heteroatoms. The number of aliphatic hydroxyl groups excluding tert-OH is 1. The third-order valence-electron chi connectivity index (χ3n) is 8.86. The number of hydrogen-bond donors (Lipinski definition) is 2. The molecule has 2 aliphatic rings. The highest BCUT2D eigenvalue weighted by Crippen LogP contribution is 2.42. The van der Waals surface area contributed by atoms with Crippen LogP contribution in [0.1, 0.15) is 72.2 Å². The number of hydrogen-bond acceptors (Lipinski definition) is 7. The molecule has 1 amide bonds. The molecule has 228 valence electrons. The van der Waals surface area contributed by atoms with Crippen LogP contribution < -0.4 is 5.32 Å². The predicted octanol–water partition coefficient (Wildman–Crippen LogP) is 6.60. The van der Waals surface area contributed by atoms with Crippen molar-refractivity contribution in [3.63, 3.8) is 0 Å².